The summed E-state index contributed by atoms with van der Waals surface area (Å²) in [6.07, 6.45) is 3.20. The van der Waals surface area contributed by atoms with Crippen LogP contribution < -0.4 is 0 Å². The molecule has 0 aliphatic carbocycles. The maximum absolute atomic E-state index is 10.1. The summed E-state index contributed by atoms with van der Waals surface area (Å²) in [7, 11) is -1.89. The highest BCUT2D eigenvalue weighted by Gasteiger charge is 2.10. The predicted octanol–water partition coefficient (Wildman–Crippen LogP) is 3.09. The normalized spacial score (nSPS) is 11.6. The lowest BCUT2D eigenvalue weighted by Gasteiger charge is -1.87. The Morgan fingerprint density at radius 3 is 2.67 bits per heavy atom. The monoisotopic (exact) mass is 169 g/mol. The maximum Gasteiger partial charge on any atom is 0.633 e. The zero-order valence-electron chi connectivity index (χ0n) is 5.47. The Morgan fingerprint density at radius 1 is 1.56 bits per heavy atom. The van der Waals surface area contributed by atoms with Crippen molar-refractivity contribution in [3.63, 3.8) is 0 Å². The standard InChI is InChI=1S/C5H11ClO2P/c1-2-3-4-5-8-9(6)7/h2-5H2,1H3/q+1. The highest BCUT2D eigenvalue weighted by atomic mass is 35.7. The predicted molar refractivity (Wildman–Crippen MR) is 38.9 cm³/mol. The van der Waals surface area contributed by atoms with E-state index in [0.29, 0.717) is 6.61 Å². The van der Waals surface area contributed by atoms with Gasteiger partial charge in [0.25, 0.3) is 0 Å². The second-order valence-electron chi connectivity index (χ2n) is 1.75. The van der Waals surface area contributed by atoms with E-state index in [4.69, 9.17) is 11.2 Å². The molecule has 0 aliphatic rings. The Balaban J connectivity index is 2.83. The molecule has 0 spiro atoms. The summed E-state index contributed by atoms with van der Waals surface area (Å²) in [5.41, 5.74) is 0. The van der Waals surface area contributed by atoms with Crippen LogP contribution in [-0.2, 0) is 9.09 Å². The molecule has 0 aromatic rings. The number of hydrogen-bond acceptors (Lipinski definition) is 2. The van der Waals surface area contributed by atoms with Gasteiger partial charge in [-0.3, -0.25) is 0 Å². The van der Waals surface area contributed by atoms with Crippen molar-refractivity contribution in [2.45, 2.75) is 26.2 Å². The van der Waals surface area contributed by atoms with Crippen molar-refractivity contribution in [2.75, 3.05) is 6.61 Å². The quantitative estimate of drug-likeness (QED) is 0.467. The number of unbranched alkanes of at least 4 members (excludes halogenated alkanes) is 2. The molecule has 0 N–H and O–H groups in total. The van der Waals surface area contributed by atoms with Crippen LogP contribution in [0.3, 0.4) is 0 Å². The molecule has 0 bridgehead atoms. The Labute approximate surface area is 61.2 Å². The van der Waals surface area contributed by atoms with Crippen LogP contribution in [0.15, 0.2) is 0 Å². The van der Waals surface area contributed by atoms with Gasteiger partial charge >= 0.3 is 7.38 Å². The molecule has 2 nitrogen and oxygen atoms in total. The largest absolute Gasteiger partial charge is 0.633 e. The van der Waals surface area contributed by atoms with Gasteiger partial charge in [0.2, 0.25) is 11.2 Å². The van der Waals surface area contributed by atoms with Crippen LogP contribution in [0.5, 0.6) is 0 Å². The van der Waals surface area contributed by atoms with E-state index < -0.39 is 7.38 Å². The van der Waals surface area contributed by atoms with E-state index in [-0.39, 0.29) is 0 Å². The SMILES string of the molecule is CCCCCO[P+](=O)Cl. The fraction of sp³-hybridized carbons (Fsp3) is 1.00. The van der Waals surface area contributed by atoms with Crippen molar-refractivity contribution >= 4 is 18.6 Å². The summed E-state index contributed by atoms with van der Waals surface area (Å²) < 4.78 is 14.7. The lowest BCUT2D eigenvalue weighted by molar-refractivity contribution is 0.326. The molecule has 4 heteroatoms. The molecule has 0 aromatic carbocycles. The molecule has 0 radical (unpaired) electrons. The van der Waals surface area contributed by atoms with Gasteiger partial charge < -0.3 is 0 Å². The molecule has 0 rings (SSSR count). The Hall–Kier alpha value is 0.350. The van der Waals surface area contributed by atoms with Gasteiger partial charge in [-0.1, -0.05) is 19.8 Å². The van der Waals surface area contributed by atoms with Gasteiger partial charge in [0.05, 0.1) is 0 Å². The summed E-state index contributed by atoms with van der Waals surface area (Å²) in [5, 5.41) is 0. The zero-order valence-corrected chi connectivity index (χ0v) is 7.12. The third kappa shape index (κ3) is 8.35. The summed E-state index contributed by atoms with van der Waals surface area (Å²) in [6, 6.07) is 0. The second-order valence-corrected chi connectivity index (χ2v) is 3.26. The molecular formula is C5H11ClO2P+. The molecule has 0 saturated heterocycles. The first kappa shape index (κ1) is 9.35. The highest BCUT2D eigenvalue weighted by molar-refractivity contribution is 7.69. The zero-order chi connectivity index (χ0) is 7.11. The van der Waals surface area contributed by atoms with Crippen molar-refractivity contribution < 1.29 is 9.09 Å². The van der Waals surface area contributed by atoms with E-state index in [1.54, 1.807) is 0 Å². The number of hydrogen-bond donors (Lipinski definition) is 0. The molecule has 0 heterocycles. The first-order chi connectivity index (χ1) is 4.27. The van der Waals surface area contributed by atoms with Crippen LogP contribution in [0.4, 0.5) is 0 Å². The summed E-state index contributed by atoms with van der Waals surface area (Å²) in [6.45, 7) is 2.62. The first-order valence-corrected chi connectivity index (χ1v) is 5.11. The van der Waals surface area contributed by atoms with Crippen molar-refractivity contribution in [3.8, 4) is 0 Å². The van der Waals surface area contributed by atoms with Crippen LogP contribution in [0.2, 0.25) is 0 Å². The van der Waals surface area contributed by atoms with Crippen LogP contribution >= 0.6 is 18.6 Å². The van der Waals surface area contributed by atoms with Crippen molar-refractivity contribution in [1.29, 1.82) is 0 Å². The Bertz CT molecular complexity index is 87.0. The lowest BCUT2D eigenvalue weighted by Crippen LogP contribution is -1.83. The fourth-order valence-corrected chi connectivity index (χ4v) is 0.968. The minimum atomic E-state index is -1.89. The van der Waals surface area contributed by atoms with E-state index in [9.17, 15) is 4.57 Å². The average molecular weight is 170 g/mol. The molecule has 0 saturated carbocycles. The van der Waals surface area contributed by atoms with Gasteiger partial charge in [-0.15, -0.1) is 4.52 Å². The molecule has 0 aliphatic heterocycles. The second kappa shape index (κ2) is 6.47. The molecule has 1 atom stereocenters. The van der Waals surface area contributed by atoms with Crippen molar-refractivity contribution in [2.24, 2.45) is 0 Å². The molecule has 0 amide bonds. The van der Waals surface area contributed by atoms with Crippen LogP contribution in [-0.4, -0.2) is 6.61 Å². The van der Waals surface area contributed by atoms with Crippen LogP contribution in [0.25, 0.3) is 0 Å². The van der Waals surface area contributed by atoms with Gasteiger partial charge in [-0.05, 0) is 11.0 Å². The third-order valence-corrected chi connectivity index (χ3v) is 1.62. The topological polar surface area (TPSA) is 26.3 Å². The smallest absolute Gasteiger partial charge is 0.131 e. The molecule has 54 valence electrons. The van der Waals surface area contributed by atoms with Crippen molar-refractivity contribution in [1.82, 2.24) is 0 Å². The number of rotatable bonds is 5. The highest BCUT2D eigenvalue weighted by Crippen LogP contribution is 2.27. The van der Waals surface area contributed by atoms with Crippen LogP contribution in [0.1, 0.15) is 26.2 Å². The average Bonchev–Trinajstić information content (AvgIpc) is 1.80. The van der Waals surface area contributed by atoms with E-state index in [2.05, 4.69) is 11.4 Å². The van der Waals surface area contributed by atoms with Crippen molar-refractivity contribution in [3.05, 3.63) is 0 Å². The van der Waals surface area contributed by atoms with E-state index in [1.165, 1.54) is 0 Å². The molecular weight excluding hydrogens is 158 g/mol. The van der Waals surface area contributed by atoms with E-state index in [1.807, 2.05) is 0 Å². The van der Waals surface area contributed by atoms with E-state index in [0.717, 1.165) is 19.3 Å². The first-order valence-electron chi connectivity index (χ1n) is 3.03. The van der Waals surface area contributed by atoms with Gasteiger partial charge in [-0.25, -0.2) is 0 Å². The van der Waals surface area contributed by atoms with Gasteiger partial charge in [0.1, 0.15) is 6.61 Å². The van der Waals surface area contributed by atoms with Gasteiger partial charge in [-0.2, -0.15) is 0 Å². The molecule has 0 aromatic heterocycles. The minimum absolute atomic E-state index is 0.520. The summed E-state index contributed by atoms with van der Waals surface area (Å²) in [4.78, 5) is 0. The maximum atomic E-state index is 10.1. The third-order valence-electron chi connectivity index (χ3n) is 0.941. The summed E-state index contributed by atoms with van der Waals surface area (Å²) >= 11 is 5.04. The minimum Gasteiger partial charge on any atom is -0.131 e. The van der Waals surface area contributed by atoms with E-state index >= 15 is 0 Å². The lowest BCUT2D eigenvalue weighted by atomic mass is 10.3. The molecule has 0 fully saturated rings. The molecule has 9 heavy (non-hydrogen) atoms. The Kier molecular flexibility index (Phi) is 6.72. The summed E-state index contributed by atoms with van der Waals surface area (Å²) in [5.74, 6) is 0. The Morgan fingerprint density at radius 2 is 2.22 bits per heavy atom. The van der Waals surface area contributed by atoms with Crippen LogP contribution in [0, 0.1) is 0 Å². The van der Waals surface area contributed by atoms with Gasteiger partial charge in [0.15, 0.2) is 0 Å². The fourth-order valence-electron chi connectivity index (χ4n) is 0.488. The molecule has 1 unspecified atom stereocenters. The number of halogens is 1. The van der Waals surface area contributed by atoms with Gasteiger partial charge in [0, 0.05) is 0 Å².